The van der Waals surface area contributed by atoms with Gasteiger partial charge in [-0.25, -0.2) is 12.8 Å². The number of piperazine rings is 1. The van der Waals surface area contributed by atoms with Crippen LogP contribution in [0.4, 0.5) is 10.1 Å². The number of rotatable bonds is 3. The first-order chi connectivity index (χ1) is 12.8. The summed E-state index contributed by atoms with van der Waals surface area (Å²) in [6.45, 7) is 1.29. The van der Waals surface area contributed by atoms with E-state index < -0.39 is 21.4 Å². The van der Waals surface area contributed by atoms with Crippen LogP contribution < -0.4 is 4.90 Å². The largest absolute Gasteiger partial charge is 0.309 e. The number of hydrogen-bond acceptors (Lipinski definition) is 5. The molecule has 1 aromatic heterocycles. The van der Waals surface area contributed by atoms with Gasteiger partial charge in [-0.15, -0.1) is 0 Å². The van der Waals surface area contributed by atoms with Gasteiger partial charge < -0.3 is 4.90 Å². The molecule has 144 valence electrons. The summed E-state index contributed by atoms with van der Waals surface area (Å²) in [7, 11) is -1.92. The van der Waals surface area contributed by atoms with Crippen LogP contribution in [0.1, 0.15) is 6.42 Å². The molecule has 6 nitrogen and oxygen atoms in total. The van der Waals surface area contributed by atoms with Gasteiger partial charge in [0.05, 0.1) is 22.7 Å². The van der Waals surface area contributed by atoms with E-state index in [1.165, 1.54) is 33.8 Å². The molecule has 2 aromatic rings. The third kappa shape index (κ3) is 3.18. The Morgan fingerprint density at radius 3 is 2.74 bits per heavy atom. The van der Waals surface area contributed by atoms with E-state index in [-0.39, 0.29) is 23.9 Å². The number of hydrogen-bond donors (Lipinski definition) is 0. The Balaban J connectivity index is 1.61. The van der Waals surface area contributed by atoms with Crippen molar-refractivity contribution in [3.8, 4) is 0 Å². The number of thiophene rings is 1. The van der Waals surface area contributed by atoms with Gasteiger partial charge in [-0.05, 0) is 43.1 Å². The molecule has 1 aromatic carbocycles. The van der Waals surface area contributed by atoms with E-state index in [1.54, 1.807) is 4.90 Å². The standard InChI is InChI=1S/C18H20FN3O3S2/c1-20-10-17(23)22(15-5-8-26-11-15)13-18(20)6-7-21(12-18)27(24,25)16-4-2-3-14(19)9-16/h2-5,8-9,11H,6-7,10,12-13H2,1H3/t18-/m1/s1. The summed E-state index contributed by atoms with van der Waals surface area (Å²) in [6, 6.07) is 6.99. The van der Waals surface area contributed by atoms with E-state index in [4.69, 9.17) is 0 Å². The molecule has 2 saturated heterocycles. The van der Waals surface area contributed by atoms with Crippen LogP contribution in [0.25, 0.3) is 0 Å². The summed E-state index contributed by atoms with van der Waals surface area (Å²) in [5.41, 5.74) is 0.403. The van der Waals surface area contributed by atoms with Crippen molar-refractivity contribution in [1.82, 2.24) is 9.21 Å². The number of carbonyl (C=O) groups excluding carboxylic acids is 1. The average molecular weight is 410 g/mol. The van der Waals surface area contributed by atoms with Gasteiger partial charge in [0.1, 0.15) is 5.82 Å². The second-order valence-electron chi connectivity index (χ2n) is 7.09. The van der Waals surface area contributed by atoms with Gasteiger partial charge in [0.15, 0.2) is 0 Å². The zero-order valence-electron chi connectivity index (χ0n) is 14.8. The SMILES string of the molecule is CN1CC(=O)N(c2ccsc2)C[C@]12CCN(S(=O)(=O)c1cccc(F)c1)C2. The normalized spacial score (nSPS) is 24.8. The minimum Gasteiger partial charge on any atom is -0.309 e. The van der Waals surface area contributed by atoms with Crippen molar-refractivity contribution in [3.63, 3.8) is 0 Å². The predicted octanol–water partition coefficient (Wildman–Crippen LogP) is 2.00. The number of sulfonamides is 1. The highest BCUT2D eigenvalue weighted by atomic mass is 32.2. The fourth-order valence-electron chi connectivity index (χ4n) is 3.85. The van der Waals surface area contributed by atoms with Crippen LogP contribution in [0.3, 0.4) is 0 Å². The predicted molar refractivity (Wildman–Crippen MR) is 102 cm³/mol. The molecule has 0 unspecified atom stereocenters. The maximum Gasteiger partial charge on any atom is 0.243 e. The number of nitrogens with zero attached hydrogens (tertiary/aromatic N) is 3. The first-order valence-electron chi connectivity index (χ1n) is 8.61. The Bertz CT molecular complexity index is 964. The fourth-order valence-corrected chi connectivity index (χ4v) is 6.04. The molecule has 0 N–H and O–H groups in total. The second-order valence-corrected chi connectivity index (χ2v) is 9.81. The highest BCUT2D eigenvalue weighted by Gasteiger charge is 2.50. The zero-order valence-corrected chi connectivity index (χ0v) is 16.5. The van der Waals surface area contributed by atoms with Crippen LogP contribution in [-0.4, -0.2) is 62.3 Å². The van der Waals surface area contributed by atoms with Gasteiger partial charge >= 0.3 is 0 Å². The quantitative estimate of drug-likeness (QED) is 0.778. The van der Waals surface area contributed by atoms with Gasteiger partial charge in [0.2, 0.25) is 15.9 Å². The molecule has 1 amide bonds. The zero-order chi connectivity index (χ0) is 19.2. The van der Waals surface area contributed by atoms with E-state index in [1.807, 2.05) is 28.8 Å². The number of benzene rings is 1. The van der Waals surface area contributed by atoms with Crippen molar-refractivity contribution >= 4 is 33.0 Å². The molecule has 3 heterocycles. The van der Waals surface area contributed by atoms with E-state index in [2.05, 4.69) is 0 Å². The summed E-state index contributed by atoms with van der Waals surface area (Å²) in [6.07, 6.45) is 0.617. The molecular weight excluding hydrogens is 389 g/mol. The minimum absolute atomic E-state index is 0.00737. The van der Waals surface area contributed by atoms with Gasteiger partial charge in [0, 0.05) is 25.0 Å². The molecule has 0 radical (unpaired) electrons. The van der Waals surface area contributed by atoms with Crippen molar-refractivity contribution in [3.05, 3.63) is 46.9 Å². The second kappa shape index (κ2) is 6.66. The lowest BCUT2D eigenvalue weighted by atomic mass is 9.93. The Kier molecular flexibility index (Phi) is 4.58. The summed E-state index contributed by atoms with van der Waals surface area (Å²) in [4.78, 5) is 16.2. The molecule has 2 aliphatic rings. The lowest BCUT2D eigenvalue weighted by Crippen LogP contribution is -2.64. The van der Waals surface area contributed by atoms with Crippen LogP contribution in [0.5, 0.6) is 0 Å². The van der Waals surface area contributed by atoms with Gasteiger partial charge in [0.25, 0.3) is 0 Å². The highest BCUT2D eigenvalue weighted by molar-refractivity contribution is 7.89. The van der Waals surface area contributed by atoms with E-state index in [9.17, 15) is 17.6 Å². The Hall–Kier alpha value is -1.81. The molecule has 4 rings (SSSR count). The van der Waals surface area contributed by atoms with E-state index in [0.717, 1.165) is 11.8 Å². The summed E-state index contributed by atoms with van der Waals surface area (Å²) in [5, 5.41) is 3.84. The number of halogens is 1. The molecule has 0 aliphatic carbocycles. The molecule has 0 bridgehead atoms. The summed E-state index contributed by atoms with van der Waals surface area (Å²) >= 11 is 1.52. The third-order valence-electron chi connectivity index (χ3n) is 5.48. The molecular formula is C18H20FN3O3S2. The van der Waals surface area contributed by atoms with Crippen molar-refractivity contribution in [2.24, 2.45) is 0 Å². The van der Waals surface area contributed by atoms with Crippen molar-refractivity contribution in [2.45, 2.75) is 16.9 Å². The minimum atomic E-state index is -3.78. The maximum atomic E-state index is 13.5. The van der Waals surface area contributed by atoms with Gasteiger partial charge in [-0.3, -0.25) is 9.69 Å². The van der Waals surface area contributed by atoms with Crippen molar-refractivity contribution in [1.29, 1.82) is 0 Å². The Morgan fingerprint density at radius 1 is 1.22 bits per heavy atom. The summed E-state index contributed by atoms with van der Waals surface area (Å²) < 4.78 is 40.8. The number of anilines is 1. The topological polar surface area (TPSA) is 60.9 Å². The van der Waals surface area contributed by atoms with Crippen molar-refractivity contribution in [2.75, 3.05) is 38.1 Å². The molecule has 1 atom stereocenters. The maximum absolute atomic E-state index is 13.5. The first kappa shape index (κ1) is 18.5. The molecule has 2 aliphatic heterocycles. The molecule has 0 saturated carbocycles. The molecule has 9 heteroatoms. The monoisotopic (exact) mass is 409 g/mol. The third-order valence-corrected chi connectivity index (χ3v) is 8.00. The van der Waals surface area contributed by atoms with Gasteiger partial charge in [-0.2, -0.15) is 15.6 Å². The van der Waals surface area contributed by atoms with E-state index >= 15 is 0 Å². The molecule has 2 fully saturated rings. The Morgan fingerprint density at radius 2 is 2.04 bits per heavy atom. The summed E-state index contributed by atoms with van der Waals surface area (Å²) in [5.74, 6) is -0.568. The lowest BCUT2D eigenvalue weighted by Gasteiger charge is -2.46. The first-order valence-corrected chi connectivity index (χ1v) is 11.0. The smallest absolute Gasteiger partial charge is 0.243 e. The fraction of sp³-hybridized carbons (Fsp3) is 0.389. The van der Waals surface area contributed by atoms with Crippen LogP contribution >= 0.6 is 11.3 Å². The Labute approximate surface area is 161 Å². The van der Waals surface area contributed by atoms with Crippen LogP contribution in [0, 0.1) is 5.82 Å². The van der Waals surface area contributed by atoms with E-state index in [0.29, 0.717) is 19.5 Å². The molecule has 1 spiro atoms. The highest BCUT2D eigenvalue weighted by Crippen LogP contribution is 2.36. The van der Waals surface area contributed by atoms with Crippen molar-refractivity contribution < 1.29 is 17.6 Å². The van der Waals surface area contributed by atoms with Crippen LogP contribution in [-0.2, 0) is 14.8 Å². The molecule has 27 heavy (non-hydrogen) atoms. The lowest BCUT2D eigenvalue weighted by molar-refractivity contribution is -0.123. The number of amides is 1. The van der Waals surface area contributed by atoms with Crippen LogP contribution in [0.2, 0.25) is 0 Å². The van der Waals surface area contributed by atoms with Crippen LogP contribution in [0.15, 0.2) is 46.0 Å². The van der Waals surface area contributed by atoms with Gasteiger partial charge in [-0.1, -0.05) is 6.07 Å². The number of likely N-dealkylation sites (N-methyl/N-ethyl adjacent to an activating group) is 1. The average Bonchev–Trinajstić information content (AvgIpc) is 3.29. The number of carbonyl (C=O) groups is 1.